The van der Waals surface area contributed by atoms with Gasteiger partial charge in [0, 0.05) is 25.1 Å². The molecule has 0 unspecified atom stereocenters. The Kier molecular flexibility index (Phi) is 8.82. The van der Waals surface area contributed by atoms with Crippen LogP contribution in [-0.4, -0.2) is 45.7 Å². The number of hydrogen-bond donors (Lipinski definition) is 2. The Bertz CT molecular complexity index is 823. The van der Waals surface area contributed by atoms with Gasteiger partial charge in [-0.15, -0.1) is 0 Å². The van der Waals surface area contributed by atoms with E-state index in [0.29, 0.717) is 49.6 Å². The second-order valence-corrected chi connectivity index (χ2v) is 6.39. The molecule has 0 aromatic heterocycles. The number of rotatable bonds is 11. The van der Waals surface area contributed by atoms with Crippen molar-refractivity contribution >= 4 is 11.8 Å². The van der Waals surface area contributed by atoms with Crippen LogP contribution in [0.3, 0.4) is 0 Å². The first-order valence-electron chi connectivity index (χ1n) is 9.50. The summed E-state index contributed by atoms with van der Waals surface area (Å²) in [4.78, 5) is 24.1. The maximum atomic E-state index is 12.2. The van der Waals surface area contributed by atoms with Gasteiger partial charge in [-0.05, 0) is 43.2 Å². The highest BCUT2D eigenvalue weighted by molar-refractivity contribution is 5.94. The van der Waals surface area contributed by atoms with E-state index in [1.807, 2.05) is 31.2 Å². The first-order valence-corrected chi connectivity index (χ1v) is 9.50. The van der Waals surface area contributed by atoms with Gasteiger partial charge in [0.1, 0.15) is 5.75 Å². The molecule has 2 aromatic rings. The molecule has 0 atom stereocenters. The van der Waals surface area contributed by atoms with E-state index in [4.69, 9.17) is 14.2 Å². The molecule has 29 heavy (non-hydrogen) atoms. The molecule has 7 nitrogen and oxygen atoms in total. The molecule has 0 fully saturated rings. The van der Waals surface area contributed by atoms with E-state index in [9.17, 15) is 9.59 Å². The first kappa shape index (κ1) is 22.1. The summed E-state index contributed by atoms with van der Waals surface area (Å²) < 4.78 is 16.0. The summed E-state index contributed by atoms with van der Waals surface area (Å²) in [6.45, 7) is 3.15. The number of para-hydroxylation sites is 1. The highest BCUT2D eigenvalue weighted by Gasteiger charge is 2.10. The van der Waals surface area contributed by atoms with E-state index in [2.05, 4.69) is 10.6 Å². The molecular formula is C22H28N2O5. The van der Waals surface area contributed by atoms with E-state index in [0.717, 1.165) is 11.3 Å². The van der Waals surface area contributed by atoms with Gasteiger partial charge < -0.3 is 24.8 Å². The van der Waals surface area contributed by atoms with Crippen LogP contribution in [0, 0.1) is 6.92 Å². The Morgan fingerprint density at radius 3 is 2.34 bits per heavy atom. The fourth-order valence-corrected chi connectivity index (χ4v) is 2.68. The lowest BCUT2D eigenvalue weighted by Crippen LogP contribution is -2.34. The first-order chi connectivity index (χ1) is 14.0. The molecular weight excluding hydrogens is 372 g/mol. The Morgan fingerprint density at radius 2 is 1.62 bits per heavy atom. The van der Waals surface area contributed by atoms with Crippen LogP contribution in [0.25, 0.3) is 0 Å². The third kappa shape index (κ3) is 7.03. The second-order valence-electron chi connectivity index (χ2n) is 6.39. The number of nitrogens with one attached hydrogen (secondary N) is 2. The molecule has 7 heteroatoms. The molecule has 0 aliphatic rings. The zero-order chi connectivity index (χ0) is 21.1. The van der Waals surface area contributed by atoms with E-state index in [1.54, 1.807) is 18.2 Å². The third-order valence-corrected chi connectivity index (χ3v) is 4.28. The van der Waals surface area contributed by atoms with Crippen molar-refractivity contribution in [3.05, 3.63) is 53.6 Å². The van der Waals surface area contributed by atoms with Gasteiger partial charge in [-0.3, -0.25) is 9.59 Å². The number of hydrogen-bond acceptors (Lipinski definition) is 5. The number of carbonyl (C=O) groups is 2. The van der Waals surface area contributed by atoms with E-state index >= 15 is 0 Å². The van der Waals surface area contributed by atoms with Gasteiger partial charge in [-0.1, -0.05) is 18.2 Å². The molecule has 0 aliphatic carbocycles. The van der Waals surface area contributed by atoms with Crippen LogP contribution in [0.1, 0.15) is 28.8 Å². The van der Waals surface area contributed by atoms with Crippen LogP contribution in [-0.2, 0) is 4.79 Å². The Hall–Kier alpha value is -3.22. The zero-order valence-corrected chi connectivity index (χ0v) is 17.1. The fourth-order valence-electron chi connectivity index (χ4n) is 2.68. The highest BCUT2D eigenvalue weighted by atomic mass is 16.5. The monoisotopic (exact) mass is 400 g/mol. The fraction of sp³-hybridized carbons (Fsp3) is 0.364. The van der Waals surface area contributed by atoms with E-state index in [1.165, 1.54) is 14.2 Å². The minimum Gasteiger partial charge on any atom is -0.493 e. The average molecular weight is 400 g/mol. The molecule has 2 aromatic carbocycles. The summed E-state index contributed by atoms with van der Waals surface area (Å²) >= 11 is 0. The quantitative estimate of drug-likeness (QED) is 0.567. The van der Waals surface area contributed by atoms with Crippen LogP contribution in [0.2, 0.25) is 0 Å². The van der Waals surface area contributed by atoms with Crippen LogP contribution in [0.4, 0.5) is 0 Å². The summed E-state index contributed by atoms with van der Waals surface area (Å²) in [6.07, 6.45) is 0.994. The number of ether oxygens (including phenoxy) is 3. The molecule has 2 rings (SSSR count). The highest BCUT2D eigenvalue weighted by Crippen LogP contribution is 2.27. The van der Waals surface area contributed by atoms with Crippen LogP contribution in [0.5, 0.6) is 17.2 Å². The number of benzene rings is 2. The minimum atomic E-state index is -0.244. The maximum Gasteiger partial charge on any atom is 0.251 e. The van der Waals surface area contributed by atoms with Crippen molar-refractivity contribution in [2.24, 2.45) is 0 Å². The Labute approximate surface area is 171 Å². The van der Waals surface area contributed by atoms with Gasteiger partial charge in [0.25, 0.3) is 5.91 Å². The van der Waals surface area contributed by atoms with Gasteiger partial charge in [-0.2, -0.15) is 0 Å². The zero-order valence-electron chi connectivity index (χ0n) is 17.1. The van der Waals surface area contributed by atoms with Crippen molar-refractivity contribution in [3.8, 4) is 17.2 Å². The standard InChI is InChI=1S/C22H28N2O5/c1-16-7-4-5-8-18(16)29-14-6-9-21(25)23-12-13-24-22(26)17-10-11-19(27-2)20(15-17)28-3/h4-5,7-8,10-11,15H,6,9,12-14H2,1-3H3,(H,23,25)(H,24,26). The van der Waals surface area contributed by atoms with Crippen LogP contribution < -0.4 is 24.8 Å². The smallest absolute Gasteiger partial charge is 0.251 e. The molecule has 0 aliphatic heterocycles. The second kappa shape index (κ2) is 11.6. The molecule has 0 bridgehead atoms. The molecule has 0 radical (unpaired) electrons. The molecule has 156 valence electrons. The predicted octanol–water partition coefficient (Wildman–Crippen LogP) is 2.72. The Morgan fingerprint density at radius 1 is 0.897 bits per heavy atom. The number of carbonyl (C=O) groups excluding carboxylic acids is 2. The molecule has 0 heterocycles. The van der Waals surface area contributed by atoms with Crippen molar-refractivity contribution < 1.29 is 23.8 Å². The molecule has 0 saturated heterocycles. The maximum absolute atomic E-state index is 12.2. The number of methoxy groups -OCH3 is 2. The normalized spacial score (nSPS) is 10.2. The summed E-state index contributed by atoms with van der Waals surface area (Å²) in [6, 6.07) is 12.7. The van der Waals surface area contributed by atoms with Crippen molar-refractivity contribution in [3.63, 3.8) is 0 Å². The lowest BCUT2D eigenvalue weighted by molar-refractivity contribution is -0.121. The van der Waals surface area contributed by atoms with Crippen LogP contribution >= 0.6 is 0 Å². The van der Waals surface area contributed by atoms with Gasteiger partial charge in [0.05, 0.1) is 20.8 Å². The number of aryl methyl sites for hydroxylation is 1. The van der Waals surface area contributed by atoms with Crippen molar-refractivity contribution in [1.82, 2.24) is 10.6 Å². The third-order valence-electron chi connectivity index (χ3n) is 4.28. The molecule has 0 saturated carbocycles. The van der Waals surface area contributed by atoms with Crippen molar-refractivity contribution in [2.45, 2.75) is 19.8 Å². The SMILES string of the molecule is COc1ccc(C(=O)NCCNC(=O)CCCOc2ccccc2C)cc1OC. The van der Waals surface area contributed by atoms with Gasteiger partial charge in [0.15, 0.2) is 11.5 Å². The van der Waals surface area contributed by atoms with Gasteiger partial charge in [0.2, 0.25) is 5.91 Å². The molecule has 0 spiro atoms. The lowest BCUT2D eigenvalue weighted by atomic mass is 10.2. The lowest BCUT2D eigenvalue weighted by Gasteiger charge is -2.11. The Balaban J connectivity index is 1.62. The summed E-state index contributed by atoms with van der Waals surface area (Å²) in [5.41, 5.74) is 1.53. The minimum absolute atomic E-state index is 0.0706. The van der Waals surface area contributed by atoms with Gasteiger partial charge in [-0.25, -0.2) is 0 Å². The van der Waals surface area contributed by atoms with Gasteiger partial charge >= 0.3 is 0 Å². The number of amides is 2. The van der Waals surface area contributed by atoms with E-state index < -0.39 is 0 Å². The van der Waals surface area contributed by atoms with E-state index in [-0.39, 0.29) is 11.8 Å². The molecule has 2 amide bonds. The average Bonchev–Trinajstić information content (AvgIpc) is 2.74. The topological polar surface area (TPSA) is 85.9 Å². The summed E-state index contributed by atoms with van der Waals surface area (Å²) in [5.74, 6) is 1.57. The van der Waals surface area contributed by atoms with Crippen molar-refractivity contribution in [2.75, 3.05) is 33.9 Å². The summed E-state index contributed by atoms with van der Waals surface area (Å²) in [5, 5.41) is 5.55. The summed E-state index contributed by atoms with van der Waals surface area (Å²) in [7, 11) is 3.05. The largest absolute Gasteiger partial charge is 0.493 e. The molecule has 2 N–H and O–H groups in total. The predicted molar refractivity (Wildman–Crippen MR) is 111 cm³/mol. The van der Waals surface area contributed by atoms with Crippen LogP contribution in [0.15, 0.2) is 42.5 Å². The van der Waals surface area contributed by atoms with Crippen molar-refractivity contribution in [1.29, 1.82) is 0 Å².